The Balaban J connectivity index is 1.83. The number of methoxy groups -OCH3 is 1. The molecule has 3 N–H and O–H groups in total. The number of benzene rings is 1. The summed E-state index contributed by atoms with van der Waals surface area (Å²) in [6.45, 7) is 0.595. The predicted octanol–water partition coefficient (Wildman–Crippen LogP) is 1.24. The van der Waals surface area contributed by atoms with E-state index in [1.807, 2.05) is 24.3 Å². The zero-order valence-electron chi connectivity index (χ0n) is 10.7. The van der Waals surface area contributed by atoms with Crippen molar-refractivity contribution < 1.29 is 9.53 Å². The number of nitrogens with one attached hydrogen (secondary N) is 1. The first kappa shape index (κ1) is 12.9. The maximum Gasteiger partial charge on any atom is 0.240 e. The summed E-state index contributed by atoms with van der Waals surface area (Å²) in [5, 5.41) is 2.91. The summed E-state index contributed by atoms with van der Waals surface area (Å²) < 4.78 is 5.27. The molecule has 1 amide bonds. The van der Waals surface area contributed by atoms with Gasteiger partial charge >= 0.3 is 0 Å². The maximum atomic E-state index is 11.8. The molecule has 0 unspecified atom stereocenters. The number of hydrogen-bond donors (Lipinski definition) is 2. The zero-order valence-corrected chi connectivity index (χ0v) is 10.7. The number of para-hydroxylation sites is 1. The molecule has 0 saturated heterocycles. The minimum absolute atomic E-state index is 0.0244. The van der Waals surface area contributed by atoms with Crippen molar-refractivity contribution in [2.24, 2.45) is 5.73 Å². The number of amides is 1. The van der Waals surface area contributed by atoms with E-state index in [0.717, 1.165) is 37.0 Å². The molecule has 1 aliphatic carbocycles. The van der Waals surface area contributed by atoms with E-state index in [1.165, 1.54) is 0 Å². The molecule has 4 nitrogen and oxygen atoms in total. The summed E-state index contributed by atoms with van der Waals surface area (Å²) in [6.07, 6.45) is 3.41. The van der Waals surface area contributed by atoms with Crippen LogP contribution in [0.5, 0.6) is 5.75 Å². The minimum atomic E-state index is -0.610. The highest BCUT2D eigenvalue weighted by Crippen LogP contribution is 2.29. The standard InChI is InChI=1S/C14H20N2O2/c1-18-12-6-3-2-5-11(12)7-10-16-13(17)14(15)8-4-9-14/h2-3,5-6H,4,7-10,15H2,1H3,(H,16,17). The third kappa shape index (κ3) is 2.64. The Morgan fingerprint density at radius 3 is 2.78 bits per heavy atom. The smallest absolute Gasteiger partial charge is 0.240 e. The molecule has 1 saturated carbocycles. The normalized spacial score (nSPS) is 16.8. The summed E-state index contributed by atoms with van der Waals surface area (Å²) in [6, 6.07) is 7.83. The fraction of sp³-hybridized carbons (Fsp3) is 0.500. The molecule has 18 heavy (non-hydrogen) atoms. The van der Waals surface area contributed by atoms with Gasteiger partial charge in [-0.3, -0.25) is 4.79 Å². The van der Waals surface area contributed by atoms with E-state index in [0.29, 0.717) is 6.54 Å². The van der Waals surface area contributed by atoms with Crippen molar-refractivity contribution in [1.29, 1.82) is 0 Å². The van der Waals surface area contributed by atoms with Crippen molar-refractivity contribution in [3.8, 4) is 5.75 Å². The van der Waals surface area contributed by atoms with E-state index in [1.54, 1.807) is 7.11 Å². The van der Waals surface area contributed by atoms with Crippen LogP contribution < -0.4 is 15.8 Å². The minimum Gasteiger partial charge on any atom is -0.496 e. The van der Waals surface area contributed by atoms with Crippen LogP contribution in [0.15, 0.2) is 24.3 Å². The van der Waals surface area contributed by atoms with Crippen molar-refractivity contribution in [2.75, 3.05) is 13.7 Å². The van der Waals surface area contributed by atoms with Gasteiger partial charge in [-0.05, 0) is 37.3 Å². The monoisotopic (exact) mass is 248 g/mol. The summed E-state index contributed by atoms with van der Waals surface area (Å²) in [4.78, 5) is 11.8. The van der Waals surface area contributed by atoms with Gasteiger partial charge in [-0.25, -0.2) is 0 Å². The molecule has 2 rings (SSSR count). The van der Waals surface area contributed by atoms with Crippen LogP contribution in [-0.2, 0) is 11.2 Å². The van der Waals surface area contributed by atoms with E-state index in [-0.39, 0.29) is 5.91 Å². The second-order valence-corrected chi connectivity index (χ2v) is 4.83. The van der Waals surface area contributed by atoms with Gasteiger partial charge in [0.25, 0.3) is 0 Å². The lowest BCUT2D eigenvalue weighted by Gasteiger charge is -2.36. The average Bonchev–Trinajstić information content (AvgIpc) is 2.36. The van der Waals surface area contributed by atoms with E-state index in [9.17, 15) is 4.79 Å². The van der Waals surface area contributed by atoms with Gasteiger partial charge in [-0.15, -0.1) is 0 Å². The third-order valence-electron chi connectivity index (χ3n) is 3.57. The van der Waals surface area contributed by atoms with Crippen molar-refractivity contribution in [2.45, 2.75) is 31.2 Å². The van der Waals surface area contributed by atoms with Crippen molar-refractivity contribution in [3.63, 3.8) is 0 Å². The van der Waals surface area contributed by atoms with Gasteiger partial charge in [0, 0.05) is 6.54 Å². The third-order valence-corrected chi connectivity index (χ3v) is 3.57. The molecule has 4 heteroatoms. The van der Waals surface area contributed by atoms with E-state index < -0.39 is 5.54 Å². The van der Waals surface area contributed by atoms with Gasteiger partial charge in [0.15, 0.2) is 0 Å². The molecule has 0 spiro atoms. The molecular weight excluding hydrogens is 228 g/mol. The Labute approximate surface area is 108 Å². The number of carbonyl (C=O) groups is 1. The molecule has 1 fully saturated rings. The average molecular weight is 248 g/mol. The molecular formula is C14H20N2O2. The lowest BCUT2D eigenvalue weighted by atomic mass is 9.77. The van der Waals surface area contributed by atoms with Gasteiger partial charge in [-0.1, -0.05) is 18.2 Å². The maximum absolute atomic E-state index is 11.8. The highest BCUT2D eigenvalue weighted by atomic mass is 16.5. The van der Waals surface area contributed by atoms with Gasteiger partial charge in [0.2, 0.25) is 5.91 Å². The van der Waals surface area contributed by atoms with Gasteiger partial charge in [0.05, 0.1) is 12.6 Å². The van der Waals surface area contributed by atoms with Gasteiger partial charge in [-0.2, -0.15) is 0 Å². The molecule has 0 bridgehead atoms. The molecule has 1 aliphatic rings. The quantitative estimate of drug-likeness (QED) is 0.824. The Morgan fingerprint density at radius 1 is 1.44 bits per heavy atom. The van der Waals surface area contributed by atoms with Gasteiger partial charge in [0.1, 0.15) is 5.75 Å². The zero-order chi connectivity index (χ0) is 13.0. The number of carbonyl (C=O) groups excluding carboxylic acids is 1. The number of nitrogens with two attached hydrogens (primary N) is 1. The van der Waals surface area contributed by atoms with Gasteiger partial charge < -0.3 is 15.8 Å². The Hall–Kier alpha value is -1.55. The van der Waals surface area contributed by atoms with E-state index >= 15 is 0 Å². The van der Waals surface area contributed by atoms with E-state index in [4.69, 9.17) is 10.5 Å². The molecule has 0 aliphatic heterocycles. The Morgan fingerprint density at radius 2 is 2.17 bits per heavy atom. The fourth-order valence-electron chi connectivity index (χ4n) is 2.18. The molecule has 0 atom stereocenters. The largest absolute Gasteiger partial charge is 0.496 e. The molecule has 0 radical (unpaired) electrons. The number of ether oxygens (including phenoxy) is 1. The summed E-state index contributed by atoms with van der Waals surface area (Å²) in [5.74, 6) is 0.835. The van der Waals surface area contributed by atoms with Crippen molar-refractivity contribution >= 4 is 5.91 Å². The molecule has 1 aromatic carbocycles. The van der Waals surface area contributed by atoms with Crippen LogP contribution in [0.4, 0.5) is 0 Å². The number of hydrogen-bond acceptors (Lipinski definition) is 3. The molecule has 0 aromatic heterocycles. The van der Waals surface area contributed by atoms with Crippen LogP contribution >= 0.6 is 0 Å². The van der Waals surface area contributed by atoms with Crippen LogP contribution in [0, 0.1) is 0 Å². The Kier molecular flexibility index (Phi) is 3.87. The highest BCUT2D eigenvalue weighted by molar-refractivity contribution is 5.86. The van der Waals surface area contributed by atoms with Crippen molar-refractivity contribution in [1.82, 2.24) is 5.32 Å². The first-order valence-electron chi connectivity index (χ1n) is 6.35. The molecule has 0 heterocycles. The van der Waals surface area contributed by atoms with Crippen LogP contribution in [-0.4, -0.2) is 25.1 Å². The highest BCUT2D eigenvalue weighted by Gasteiger charge is 2.39. The lowest BCUT2D eigenvalue weighted by Crippen LogP contribution is -2.58. The summed E-state index contributed by atoms with van der Waals surface area (Å²) >= 11 is 0. The topological polar surface area (TPSA) is 64.3 Å². The SMILES string of the molecule is COc1ccccc1CCNC(=O)C1(N)CCC1. The Bertz CT molecular complexity index is 428. The van der Waals surface area contributed by atoms with Crippen LogP contribution in [0.3, 0.4) is 0 Å². The van der Waals surface area contributed by atoms with E-state index in [2.05, 4.69) is 5.32 Å². The number of rotatable bonds is 5. The summed E-state index contributed by atoms with van der Waals surface area (Å²) in [5.41, 5.74) is 6.43. The van der Waals surface area contributed by atoms with Crippen LogP contribution in [0.2, 0.25) is 0 Å². The second kappa shape index (κ2) is 5.40. The van der Waals surface area contributed by atoms with Crippen LogP contribution in [0.25, 0.3) is 0 Å². The molecule has 1 aromatic rings. The fourth-order valence-corrected chi connectivity index (χ4v) is 2.18. The molecule has 98 valence electrons. The lowest BCUT2D eigenvalue weighted by molar-refractivity contribution is -0.129. The summed E-state index contributed by atoms with van der Waals surface area (Å²) in [7, 11) is 1.65. The second-order valence-electron chi connectivity index (χ2n) is 4.83. The van der Waals surface area contributed by atoms with Crippen molar-refractivity contribution in [3.05, 3.63) is 29.8 Å². The first-order valence-corrected chi connectivity index (χ1v) is 6.35. The van der Waals surface area contributed by atoms with Crippen LogP contribution in [0.1, 0.15) is 24.8 Å². The first-order chi connectivity index (χ1) is 8.65. The predicted molar refractivity (Wildman–Crippen MR) is 70.5 cm³/mol.